The van der Waals surface area contributed by atoms with Crippen molar-refractivity contribution in [3.8, 4) is 5.69 Å². The van der Waals surface area contributed by atoms with Crippen LogP contribution in [0.3, 0.4) is 0 Å². The topological polar surface area (TPSA) is 137 Å². The maximum absolute atomic E-state index is 13.7. The van der Waals surface area contributed by atoms with Gasteiger partial charge in [-0.3, -0.25) is 14.4 Å². The van der Waals surface area contributed by atoms with E-state index in [0.717, 1.165) is 5.69 Å². The molecule has 3 heterocycles. The van der Waals surface area contributed by atoms with Crippen molar-refractivity contribution >= 4 is 29.1 Å². The monoisotopic (exact) mass is 485 g/mol. The minimum atomic E-state index is -0.604. The number of amides is 3. The van der Waals surface area contributed by atoms with E-state index in [9.17, 15) is 14.4 Å². The number of benzene rings is 2. The molecule has 0 aliphatic carbocycles. The molecule has 182 valence electrons. The molecule has 3 amide bonds. The van der Waals surface area contributed by atoms with Crippen LogP contribution in [0.5, 0.6) is 0 Å². The molecule has 0 unspecified atom stereocenters. The number of ether oxygens (including phenoxy) is 1. The smallest absolute Gasteiger partial charge is 0.277 e. The first-order valence-electron chi connectivity index (χ1n) is 11.2. The lowest BCUT2D eigenvalue weighted by atomic mass is 10.0. The largest absolute Gasteiger partial charge is 0.366 e. The predicted molar refractivity (Wildman–Crippen MR) is 131 cm³/mol. The number of carbonyl (C=O) groups is 3. The zero-order valence-electron chi connectivity index (χ0n) is 19.4. The van der Waals surface area contributed by atoms with Crippen molar-refractivity contribution in [2.45, 2.75) is 13.2 Å². The number of anilines is 2. The summed E-state index contributed by atoms with van der Waals surface area (Å²) >= 11 is 0. The molecule has 2 aromatic carbocycles. The summed E-state index contributed by atoms with van der Waals surface area (Å²) in [6, 6.07) is 15.6. The second-order valence-corrected chi connectivity index (χ2v) is 8.18. The maximum atomic E-state index is 13.7. The van der Waals surface area contributed by atoms with Crippen molar-refractivity contribution in [2.75, 3.05) is 23.9 Å². The molecule has 0 atom stereocenters. The van der Waals surface area contributed by atoms with Crippen LogP contribution in [0.1, 0.15) is 36.9 Å². The number of carbonyl (C=O) groups excluding carboxylic acids is 3. The van der Waals surface area contributed by atoms with Crippen molar-refractivity contribution in [1.29, 1.82) is 0 Å². The number of methoxy groups -OCH3 is 1. The van der Waals surface area contributed by atoms with Gasteiger partial charge >= 0.3 is 0 Å². The SMILES string of the molecule is COCn1cc(-n2nc(C(=O)Nc3cccc(C(N)=O)c3)c3c2C(=O)N(c2ccccc2)CC3)cn1. The summed E-state index contributed by atoms with van der Waals surface area (Å²) in [5.74, 6) is -1.38. The normalized spacial score (nSPS) is 12.9. The molecule has 0 bridgehead atoms. The van der Waals surface area contributed by atoms with Crippen LogP contribution in [0.25, 0.3) is 5.69 Å². The summed E-state index contributed by atoms with van der Waals surface area (Å²) in [6.07, 6.45) is 3.66. The van der Waals surface area contributed by atoms with Gasteiger partial charge in [0.25, 0.3) is 11.8 Å². The van der Waals surface area contributed by atoms with Gasteiger partial charge in [-0.25, -0.2) is 9.36 Å². The van der Waals surface area contributed by atoms with Crippen molar-refractivity contribution in [1.82, 2.24) is 19.6 Å². The lowest BCUT2D eigenvalue weighted by Gasteiger charge is -2.27. The van der Waals surface area contributed by atoms with E-state index < -0.39 is 11.8 Å². The molecular formula is C25H23N7O4. The number of hydrogen-bond acceptors (Lipinski definition) is 6. The summed E-state index contributed by atoms with van der Waals surface area (Å²) in [6.45, 7) is 0.610. The van der Waals surface area contributed by atoms with Gasteiger partial charge in [0.15, 0.2) is 5.69 Å². The molecule has 0 saturated heterocycles. The summed E-state index contributed by atoms with van der Waals surface area (Å²) in [5, 5.41) is 11.5. The van der Waals surface area contributed by atoms with Crippen molar-refractivity contribution < 1.29 is 19.1 Å². The van der Waals surface area contributed by atoms with Gasteiger partial charge in [-0.2, -0.15) is 10.2 Å². The Kier molecular flexibility index (Phi) is 6.05. The van der Waals surface area contributed by atoms with Crippen LogP contribution < -0.4 is 16.0 Å². The summed E-state index contributed by atoms with van der Waals surface area (Å²) in [5.41, 5.74) is 8.23. The first kappa shape index (κ1) is 23.0. The van der Waals surface area contributed by atoms with Gasteiger partial charge in [0.2, 0.25) is 5.91 Å². The molecule has 1 aliphatic rings. The van der Waals surface area contributed by atoms with E-state index in [0.29, 0.717) is 29.9 Å². The second kappa shape index (κ2) is 9.47. The fourth-order valence-corrected chi connectivity index (χ4v) is 4.19. The number of nitrogens with zero attached hydrogens (tertiary/aromatic N) is 5. The lowest BCUT2D eigenvalue weighted by Crippen LogP contribution is -2.39. The average molecular weight is 486 g/mol. The zero-order chi connectivity index (χ0) is 25.2. The van der Waals surface area contributed by atoms with Crippen LogP contribution >= 0.6 is 0 Å². The summed E-state index contributed by atoms with van der Waals surface area (Å²) < 4.78 is 8.12. The Morgan fingerprint density at radius 1 is 1.11 bits per heavy atom. The van der Waals surface area contributed by atoms with Crippen LogP contribution in [-0.2, 0) is 17.9 Å². The van der Waals surface area contributed by atoms with Crippen LogP contribution in [0.15, 0.2) is 67.0 Å². The van der Waals surface area contributed by atoms with Crippen LogP contribution in [0.4, 0.5) is 11.4 Å². The molecule has 0 radical (unpaired) electrons. The molecule has 36 heavy (non-hydrogen) atoms. The summed E-state index contributed by atoms with van der Waals surface area (Å²) in [7, 11) is 1.55. The predicted octanol–water partition coefficient (Wildman–Crippen LogP) is 2.23. The number of nitrogens with one attached hydrogen (secondary N) is 1. The van der Waals surface area contributed by atoms with E-state index in [4.69, 9.17) is 10.5 Å². The van der Waals surface area contributed by atoms with Gasteiger partial charge < -0.3 is 20.7 Å². The Morgan fingerprint density at radius 2 is 1.92 bits per heavy atom. The Morgan fingerprint density at radius 3 is 2.67 bits per heavy atom. The Hall–Kier alpha value is -4.77. The van der Waals surface area contributed by atoms with Crippen LogP contribution in [-0.4, -0.2) is 50.9 Å². The first-order chi connectivity index (χ1) is 17.5. The number of hydrogen-bond donors (Lipinski definition) is 2. The van der Waals surface area contributed by atoms with E-state index in [2.05, 4.69) is 15.5 Å². The number of fused-ring (bicyclic) bond motifs is 1. The van der Waals surface area contributed by atoms with Crippen molar-refractivity contribution in [3.05, 3.63) is 89.5 Å². The zero-order valence-corrected chi connectivity index (χ0v) is 19.4. The van der Waals surface area contributed by atoms with Gasteiger partial charge in [-0.1, -0.05) is 24.3 Å². The van der Waals surface area contributed by atoms with Gasteiger partial charge in [-0.05, 0) is 36.8 Å². The standard InChI is InChI=1S/C25H23N7O4/c1-36-15-30-14-19(13-27-30)32-22-20(10-11-31(25(22)35)18-8-3-2-4-9-18)21(29-32)24(34)28-17-7-5-6-16(12-17)23(26)33/h2-9,12-14H,10-11,15H2,1H3,(H2,26,33)(H,28,34). The maximum Gasteiger partial charge on any atom is 0.277 e. The molecule has 2 aromatic heterocycles. The molecule has 0 fully saturated rings. The average Bonchev–Trinajstić information content (AvgIpc) is 3.50. The fourth-order valence-electron chi connectivity index (χ4n) is 4.19. The minimum absolute atomic E-state index is 0.120. The van der Waals surface area contributed by atoms with E-state index in [-0.39, 0.29) is 29.6 Å². The first-order valence-corrected chi connectivity index (χ1v) is 11.2. The third-order valence-corrected chi connectivity index (χ3v) is 5.83. The molecule has 11 nitrogen and oxygen atoms in total. The molecule has 5 rings (SSSR count). The van der Waals surface area contributed by atoms with Gasteiger partial charge in [0.1, 0.15) is 18.1 Å². The molecular weight excluding hydrogens is 462 g/mol. The highest BCUT2D eigenvalue weighted by Crippen LogP contribution is 2.29. The Balaban J connectivity index is 1.56. The van der Waals surface area contributed by atoms with E-state index in [1.54, 1.807) is 47.3 Å². The third-order valence-electron chi connectivity index (χ3n) is 5.83. The number of primary amides is 1. The fraction of sp³-hybridized carbons (Fsp3) is 0.160. The summed E-state index contributed by atoms with van der Waals surface area (Å²) in [4.78, 5) is 40.2. The highest BCUT2D eigenvalue weighted by Gasteiger charge is 2.35. The van der Waals surface area contributed by atoms with Gasteiger partial charge in [-0.15, -0.1) is 0 Å². The van der Waals surface area contributed by atoms with E-state index in [1.807, 2.05) is 30.3 Å². The van der Waals surface area contributed by atoms with E-state index in [1.165, 1.54) is 10.7 Å². The quantitative estimate of drug-likeness (QED) is 0.412. The molecule has 3 N–H and O–H groups in total. The highest BCUT2D eigenvalue weighted by molar-refractivity contribution is 6.11. The van der Waals surface area contributed by atoms with Crippen LogP contribution in [0.2, 0.25) is 0 Å². The second-order valence-electron chi connectivity index (χ2n) is 8.18. The van der Waals surface area contributed by atoms with E-state index >= 15 is 0 Å². The number of para-hydroxylation sites is 1. The molecule has 1 aliphatic heterocycles. The molecule has 11 heteroatoms. The van der Waals surface area contributed by atoms with Crippen molar-refractivity contribution in [3.63, 3.8) is 0 Å². The molecule has 4 aromatic rings. The minimum Gasteiger partial charge on any atom is -0.366 e. The Bertz CT molecular complexity index is 1460. The van der Waals surface area contributed by atoms with Crippen LogP contribution in [0, 0.1) is 0 Å². The lowest BCUT2D eigenvalue weighted by molar-refractivity contribution is 0.0971. The Labute approximate surface area is 206 Å². The third kappa shape index (κ3) is 4.23. The van der Waals surface area contributed by atoms with Gasteiger partial charge in [0, 0.05) is 36.2 Å². The molecule has 0 spiro atoms. The number of rotatable bonds is 7. The number of nitrogens with two attached hydrogens (primary N) is 1. The highest BCUT2D eigenvalue weighted by atomic mass is 16.5. The molecule has 0 saturated carbocycles. The van der Waals surface area contributed by atoms with Crippen molar-refractivity contribution in [2.24, 2.45) is 5.73 Å². The van der Waals surface area contributed by atoms with Gasteiger partial charge in [0.05, 0.1) is 12.4 Å². The number of aromatic nitrogens is 4.